The van der Waals surface area contributed by atoms with E-state index in [1.54, 1.807) is 0 Å². The summed E-state index contributed by atoms with van der Waals surface area (Å²) in [5.41, 5.74) is 5.49. The second-order valence-electron chi connectivity index (χ2n) is 2.50. The molecule has 1 aromatic rings. The molecule has 0 unspecified atom stereocenters. The number of nitrogen functional groups attached to an aromatic ring is 1. The van der Waals surface area contributed by atoms with E-state index in [1.807, 2.05) is 0 Å². The van der Waals surface area contributed by atoms with E-state index in [4.69, 9.17) is 26.6 Å². The summed E-state index contributed by atoms with van der Waals surface area (Å²) in [5, 5.41) is 0.107. The van der Waals surface area contributed by atoms with Gasteiger partial charge < -0.3 is 10.5 Å². The highest BCUT2D eigenvalue weighted by molar-refractivity contribution is 7.86. The minimum atomic E-state index is -4.38. The van der Waals surface area contributed by atoms with Crippen molar-refractivity contribution in [2.75, 3.05) is 12.8 Å². The first-order valence-corrected chi connectivity index (χ1v) is 5.28. The maximum atomic E-state index is 10.9. The molecule has 14 heavy (non-hydrogen) atoms. The molecular weight excluding hydrogens is 230 g/mol. The summed E-state index contributed by atoms with van der Waals surface area (Å²) in [6.07, 6.45) is 0. The van der Waals surface area contributed by atoms with E-state index in [-0.39, 0.29) is 16.5 Å². The van der Waals surface area contributed by atoms with E-state index in [1.165, 1.54) is 13.2 Å². The molecule has 0 saturated carbocycles. The van der Waals surface area contributed by atoms with Crippen LogP contribution in [0, 0.1) is 0 Å². The fraction of sp³-hybridized carbons (Fsp3) is 0.143. The van der Waals surface area contributed by atoms with Crippen molar-refractivity contribution < 1.29 is 17.7 Å². The SMILES string of the molecule is COc1c(N)cc(Cl)cc1S(=O)(=O)O. The molecule has 78 valence electrons. The summed E-state index contributed by atoms with van der Waals surface area (Å²) in [5.74, 6) is -0.114. The average molecular weight is 238 g/mol. The lowest BCUT2D eigenvalue weighted by Crippen LogP contribution is -2.04. The highest BCUT2D eigenvalue weighted by Crippen LogP contribution is 2.33. The van der Waals surface area contributed by atoms with Gasteiger partial charge in [-0.3, -0.25) is 4.55 Å². The third-order valence-electron chi connectivity index (χ3n) is 1.53. The Morgan fingerprint density at radius 1 is 1.50 bits per heavy atom. The molecule has 0 bridgehead atoms. The molecule has 0 amide bonds. The number of hydrogen-bond donors (Lipinski definition) is 2. The third kappa shape index (κ3) is 2.09. The molecule has 0 saturated heterocycles. The number of hydrogen-bond acceptors (Lipinski definition) is 4. The molecular formula is C7H8ClNO4S. The van der Waals surface area contributed by atoms with Gasteiger partial charge in [-0.1, -0.05) is 11.6 Å². The van der Waals surface area contributed by atoms with Crippen molar-refractivity contribution in [1.29, 1.82) is 0 Å². The summed E-state index contributed by atoms with van der Waals surface area (Å²) in [4.78, 5) is -0.440. The standard InChI is InChI=1S/C7H8ClNO4S/c1-13-7-5(9)2-4(8)3-6(7)14(10,11)12/h2-3H,9H2,1H3,(H,10,11,12). The molecule has 5 nitrogen and oxygen atoms in total. The minimum absolute atomic E-state index is 0.0487. The smallest absolute Gasteiger partial charge is 0.298 e. The van der Waals surface area contributed by atoms with Crippen molar-refractivity contribution in [3.8, 4) is 5.75 Å². The van der Waals surface area contributed by atoms with Gasteiger partial charge in [0.1, 0.15) is 4.90 Å². The van der Waals surface area contributed by atoms with Crippen LogP contribution in [0.15, 0.2) is 17.0 Å². The molecule has 1 rings (SSSR count). The Morgan fingerprint density at radius 2 is 2.07 bits per heavy atom. The molecule has 0 heterocycles. The zero-order valence-electron chi connectivity index (χ0n) is 7.19. The van der Waals surface area contributed by atoms with Gasteiger partial charge in [0.25, 0.3) is 10.1 Å². The van der Waals surface area contributed by atoms with Crippen LogP contribution in [0.4, 0.5) is 5.69 Å². The van der Waals surface area contributed by atoms with Gasteiger partial charge in [-0.15, -0.1) is 0 Å². The lowest BCUT2D eigenvalue weighted by Gasteiger charge is -2.08. The average Bonchev–Trinajstić information content (AvgIpc) is 2.01. The molecule has 0 radical (unpaired) electrons. The predicted molar refractivity (Wildman–Crippen MR) is 52.2 cm³/mol. The second kappa shape index (κ2) is 3.64. The van der Waals surface area contributed by atoms with Crippen molar-refractivity contribution >= 4 is 27.4 Å². The van der Waals surface area contributed by atoms with Crippen LogP contribution in [0.1, 0.15) is 0 Å². The largest absolute Gasteiger partial charge is 0.493 e. The number of ether oxygens (including phenoxy) is 1. The van der Waals surface area contributed by atoms with Gasteiger partial charge >= 0.3 is 0 Å². The monoisotopic (exact) mass is 237 g/mol. The van der Waals surface area contributed by atoms with Crippen LogP contribution in [-0.2, 0) is 10.1 Å². The van der Waals surface area contributed by atoms with E-state index >= 15 is 0 Å². The van der Waals surface area contributed by atoms with E-state index in [0.717, 1.165) is 6.07 Å². The first kappa shape index (κ1) is 11.1. The maximum absolute atomic E-state index is 10.9. The summed E-state index contributed by atoms with van der Waals surface area (Å²) in [6, 6.07) is 2.39. The molecule has 0 atom stereocenters. The van der Waals surface area contributed by atoms with Crippen LogP contribution in [0.25, 0.3) is 0 Å². The van der Waals surface area contributed by atoms with Crippen LogP contribution in [0.3, 0.4) is 0 Å². The first-order chi connectivity index (χ1) is 6.36. The van der Waals surface area contributed by atoms with Gasteiger partial charge in [0, 0.05) is 5.02 Å². The number of halogens is 1. The van der Waals surface area contributed by atoms with Crippen molar-refractivity contribution in [3.05, 3.63) is 17.2 Å². The van der Waals surface area contributed by atoms with Crippen molar-refractivity contribution in [2.45, 2.75) is 4.90 Å². The van der Waals surface area contributed by atoms with Crippen LogP contribution in [0.2, 0.25) is 5.02 Å². The number of anilines is 1. The normalized spacial score (nSPS) is 11.4. The molecule has 0 aromatic heterocycles. The third-order valence-corrected chi connectivity index (χ3v) is 2.61. The second-order valence-corrected chi connectivity index (χ2v) is 4.33. The Morgan fingerprint density at radius 3 is 2.50 bits per heavy atom. The molecule has 0 aliphatic rings. The fourth-order valence-electron chi connectivity index (χ4n) is 0.999. The first-order valence-electron chi connectivity index (χ1n) is 3.46. The number of methoxy groups -OCH3 is 1. The van der Waals surface area contributed by atoms with Gasteiger partial charge in [-0.25, -0.2) is 0 Å². The predicted octanol–water partition coefficient (Wildman–Crippen LogP) is 1.18. The minimum Gasteiger partial charge on any atom is -0.493 e. The Bertz CT molecular complexity index is 457. The van der Waals surface area contributed by atoms with E-state index in [2.05, 4.69) is 0 Å². The molecule has 0 aliphatic heterocycles. The lowest BCUT2D eigenvalue weighted by molar-refractivity contribution is 0.400. The van der Waals surface area contributed by atoms with E-state index < -0.39 is 15.0 Å². The Labute approximate surface area is 86.2 Å². The highest BCUT2D eigenvalue weighted by atomic mass is 35.5. The van der Waals surface area contributed by atoms with Crippen LogP contribution in [0.5, 0.6) is 5.75 Å². The summed E-state index contributed by atoms with van der Waals surface area (Å²) >= 11 is 5.57. The van der Waals surface area contributed by atoms with Crippen LogP contribution in [-0.4, -0.2) is 20.1 Å². The summed E-state index contributed by atoms with van der Waals surface area (Å²) < 4.78 is 35.3. The molecule has 0 spiro atoms. The van der Waals surface area contributed by atoms with Gasteiger partial charge in [0.15, 0.2) is 5.75 Å². The molecule has 1 aromatic carbocycles. The lowest BCUT2D eigenvalue weighted by atomic mass is 10.3. The molecule has 3 N–H and O–H groups in total. The van der Waals surface area contributed by atoms with Gasteiger partial charge in [-0.2, -0.15) is 8.42 Å². The highest BCUT2D eigenvalue weighted by Gasteiger charge is 2.19. The Hall–Kier alpha value is -0.980. The topological polar surface area (TPSA) is 89.6 Å². The Balaban J connectivity index is 3.56. The number of benzene rings is 1. The van der Waals surface area contributed by atoms with E-state index in [0.29, 0.717) is 0 Å². The van der Waals surface area contributed by atoms with Gasteiger partial charge in [0.2, 0.25) is 0 Å². The van der Waals surface area contributed by atoms with Gasteiger partial charge in [0.05, 0.1) is 12.8 Å². The van der Waals surface area contributed by atoms with Crippen molar-refractivity contribution in [3.63, 3.8) is 0 Å². The Kier molecular flexibility index (Phi) is 2.89. The quantitative estimate of drug-likeness (QED) is 0.595. The van der Waals surface area contributed by atoms with E-state index in [9.17, 15) is 8.42 Å². The molecule has 0 fully saturated rings. The molecule has 7 heteroatoms. The van der Waals surface area contributed by atoms with Crippen LogP contribution >= 0.6 is 11.6 Å². The zero-order chi connectivity index (χ0) is 10.9. The summed E-state index contributed by atoms with van der Waals surface area (Å²) in [6.45, 7) is 0. The van der Waals surface area contributed by atoms with Crippen LogP contribution < -0.4 is 10.5 Å². The van der Waals surface area contributed by atoms with Gasteiger partial charge in [-0.05, 0) is 12.1 Å². The number of rotatable bonds is 2. The number of nitrogens with two attached hydrogens (primary N) is 1. The van der Waals surface area contributed by atoms with Crippen molar-refractivity contribution in [2.24, 2.45) is 0 Å². The maximum Gasteiger partial charge on any atom is 0.298 e. The van der Waals surface area contributed by atoms with Crippen molar-refractivity contribution in [1.82, 2.24) is 0 Å². The molecule has 0 aliphatic carbocycles. The summed E-state index contributed by atoms with van der Waals surface area (Å²) in [7, 11) is -3.14. The fourth-order valence-corrected chi connectivity index (χ4v) is 2.00. The zero-order valence-corrected chi connectivity index (χ0v) is 8.76.